The van der Waals surface area contributed by atoms with Gasteiger partial charge in [0.1, 0.15) is 17.9 Å². The molecule has 0 atom stereocenters. The zero-order valence-electron chi connectivity index (χ0n) is 10.9. The number of carboxylic acids is 2. The van der Waals surface area contributed by atoms with Gasteiger partial charge in [-0.05, 0) is 35.9 Å². The molecule has 0 heterocycles. The lowest BCUT2D eigenvalue weighted by Crippen LogP contribution is -2.04. The van der Waals surface area contributed by atoms with Crippen molar-refractivity contribution < 1.29 is 24.5 Å². The summed E-state index contributed by atoms with van der Waals surface area (Å²) >= 11 is 0. The zero-order valence-corrected chi connectivity index (χ0v) is 10.9. The lowest BCUT2D eigenvalue weighted by Gasteiger charge is -2.10. The minimum Gasteiger partial charge on any atom is -0.488 e. The van der Waals surface area contributed by atoms with Gasteiger partial charge >= 0.3 is 11.9 Å². The number of hydrogen-bond donors (Lipinski definition) is 3. The van der Waals surface area contributed by atoms with E-state index in [0.717, 1.165) is 5.56 Å². The zero-order chi connectivity index (χ0) is 15.4. The first kappa shape index (κ1) is 14.4. The van der Waals surface area contributed by atoms with E-state index in [1.165, 1.54) is 24.3 Å². The maximum atomic E-state index is 11.1. The Morgan fingerprint density at radius 3 is 2.24 bits per heavy atom. The molecule has 21 heavy (non-hydrogen) atoms. The van der Waals surface area contributed by atoms with E-state index in [4.69, 9.17) is 20.7 Å². The molecule has 6 nitrogen and oxygen atoms in total. The van der Waals surface area contributed by atoms with Gasteiger partial charge < -0.3 is 20.7 Å². The van der Waals surface area contributed by atoms with Crippen molar-refractivity contribution in [2.45, 2.75) is 6.61 Å². The first-order valence-corrected chi connectivity index (χ1v) is 6.05. The maximum absolute atomic E-state index is 11.1. The van der Waals surface area contributed by atoms with Crippen molar-refractivity contribution in [2.75, 3.05) is 5.73 Å². The van der Waals surface area contributed by atoms with Crippen LogP contribution in [0, 0.1) is 0 Å². The van der Waals surface area contributed by atoms with Gasteiger partial charge in [-0.3, -0.25) is 0 Å². The number of hydrogen-bond acceptors (Lipinski definition) is 4. The molecule has 0 aromatic heterocycles. The van der Waals surface area contributed by atoms with Crippen LogP contribution in [0.1, 0.15) is 26.3 Å². The molecule has 0 spiro atoms. The third-order valence-electron chi connectivity index (χ3n) is 2.83. The van der Waals surface area contributed by atoms with Crippen LogP contribution in [0.2, 0.25) is 0 Å². The van der Waals surface area contributed by atoms with E-state index >= 15 is 0 Å². The van der Waals surface area contributed by atoms with Crippen molar-refractivity contribution in [3.8, 4) is 5.75 Å². The number of benzene rings is 2. The number of carbonyl (C=O) groups is 2. The van der Waals surface area contributed by atoms with E-state index in [9.17, 15) is 9.59 Å². The van der Waals surface area contributed by atoms with Gasteiger partial charge in [-0.15, -0.1) is 0 Å². The molecule has 0 unspecified atom stereocenters. The Morgan fingerprint density at radius 1 is 1.00 bits per heavy atom. The van der Waals surface area contributed by atoms with Crippen LogP contribution < -0.4 is 10.5 Å². The smallest absolute Gasteiger partial charge is 0.339 e. The standard InChI is InChI=1S/C15H13NO5/c16-11-5-6-13(12(7-11)15(19)20)21-8-9-1-3-10(4-2-9)14(17)18/h1-7H,8,16H2,(H,17,18)(H,19,20). The molecule has 2 aromatic rings. The summed E-state index contributed by atoms with van der Waals surface area (Å²) in [7, 11) is 0. The fourth-order valence-electron chi connectivity index (χ4n) is 1.75. The molecule has 2 rings (SSSR count). The normalized spacial score (nSPS) is 10.1. The molecule has 4 N–H and O–H groups in total. The first-order valence-electron chi connectivity index (χ1n) is 6.05. The van der Waals surface area contributed by atoms with Crippen LogP contribution in [0.3, 0.4) is 0 Å². The van der Waals surface area contributed by atoms with Crippen LogP contribution in [0.25, 0.3) is 0 Å². The number of rotatable bonds is 5. The average molecular weight is 287 g/mol. The summed E-state index contributed by atoms with van der Waals surface area (Å²) in [4.78, 5) is 21.8. The fourth-order valence-corrected chi connectivity index (χ4v) is 1.75. The predicted octanol–water partition coefficient (Wildman–Crippen LogP) is 2.24. The number of nitrogen functional groups attached to an aromatic ring is 1. The topological polar surface area (TPSA) is 110 Å². The third-order valence-corrected chi connectivity index (χ3v) is 2.83. The Balaban J connectivity index is 2.13. The van der Waals surface area contributed by atoms with Gasteiger partial charge in [0, 0.05) is 5.69 Å². The molecule has 0 saturated carbocycles. The molecule has 108 valence electrons. The van der Waals surface area contributed by atoms with Crippen LogP contribution in [0.4, 0.5) is 5.69 Å². The Morgan fingerprint density at radius 2 is 1.67 bits per heavy atom. The van der Waals surface area contributed by atoms with Crippen molar-refractivity contribution >= 4 is 17.6 Å². The van der Waals surface area contributed by atoms with E-state index in [0.29, 0.717) is 5.69 Å². The predicted molar refractivity (Wildman–Crippen MR) is 75.5 cm³/mol. The Labute approximate surface area is 120 Å². The minimum atomic E-state index is -1.13. The Bertz CT molecular complexity index is 679. The van der Waals surface area contributed by atoms with Crippen LogP contribution in [-0.4, -0.2) is 22.2 Å². The van der Waals surface area contributed by atoms with E-state index in [-0.39, 0.29) is 23.5 Å². The van der Waals surface area contributed by atoms with Crippen molar-refractivity contribution in [2.24, 2.45) is 0 Å². The summed E-state index contributed by atoms with van der Waals surface area (Å²) in [6.45, 7) is 0.129. The van der Waals surface area contributed by atoms with Crippen molar-refractivity contribution in [3.05, 3.63) is 59.2 Å². The summed E-state index contributed by atoms with van der Waals surface area (Å²) in [5.74, 6) is -1.92. The molecule has 0 aliphatic carbocycles. The van der Waals surface area contributed by atoms with Crippen LogP contribution in [-0.2, 0) is 6.61 Å². The van der Waals surface area contributed by atoms with E-state index < -0.39 is 11.9 Å². The highest BCUT2D eigenvalue weighted by atomic mass is 16.5. The number of nitrogens with two attached hydrogens (primary N) is 1. The highest BCUT2D eigenvalue weighted by Gasteiger charge is 2.12. The summed E-state index contributed by atoms with van der Waals surface area (Å²) in [5.41, 5.74) is 6.77. The molecule has 2 aromatic carbocycles. The second-order valence-electron chi connectivity index (χ2n) is 4.35. The molecule has 0 saturated heterocycles. The second kappa shape index (κ2) is 5.96. The van der Waals surface area contributed by atoms with Gasteiger partial charge in [0.15, 0.2) is 0 Å². The molecular formula is C15H13NO5. The van der Waals surface area contributed by atoms with Crippen LogP contribution >= 0.6 is 0 Å². The van der Waals surface area contributed by atoms with E-state index in [1.54, 1.807) is 18.2 Å². The van der Waals surface area contributed by atoms with Gasteiger partial charge in [0.25, 0.3) is 0 Å². The summed E-state index contributed by atoms with van der Waals surface area (Å²) in [6, 6.07) is 10.5. The largest absolute Gasteiger partial charge is 0.488 e. The molecule has 0 aliphatic heterocycles. The van der Waals surface area contributed by atoms with Crippen molar-refractivity contribution in [1.82, 2.24) is 0 Å². The molecule has 0 aliphatic rings. The summed E-state index contributed by atoms with van der Waals surface area (Å²) in [6.07, 6.45) is 0. The van der Waals surface area contributed by atoms with Crippen LogP contribution in [0.15, 0.2) is 42.5 Å². The molecule has 0 amide bonds. The first-order chi connectivity index (χ1) is 9.97. The van der Waals surface area contributed by atoms with E-state index in [1.807, 2.05) is 0 Å². The monoisotopic (exact) mass is 287 g/mol. The number of ether oxygens (including phenoxy) is 1. The molecular weight excluding hydrogens is 274 g/mol. The number of carboxylic acid groups (broad SMARTS) is 2. The van der Waals surface area contributed by atoms with Gasteiger partial charge in [-0.1, -0.05) is 12.1 Å². The van der Waals surface area contributed by atoms with Gasteiger partial charge in [0.05, 0.1) is 5.56 Å². The molecule has 0 fully saturated rings. The fraction of sp³-hybridized carbons (Fsp3) is 0.0667. The quantitative estimate of drug-likeness (QED) is 0.727. The SMILES string of the molecule is Nc1ccc(OCc2ccc(C(=O)O)cc2)c(C(=O)O)c1. The summed E-state index contributed by atoms with van der Waals surface area (Å²) < 4.78 is 5.46. The van der Waals surface area contributed by atoms with Crippen molar-refractivity contribution in [3.63, 3.8) is 0 Å². The van der Waals surface area contributed by atoms with Gasteiger partial charge in [0.2, 0.25) is 0 Å². The number of aromatic carboxylic acids is 2. The number of anilines is 1. The lowest BCUT2D eigenvalue weighted by atomic mass is 10.1. The molecule has 0 radical (unpaired) electrons. The lowest BCUT2D eigenvalue weighted by molar-refractivity contribution is 0.0682. The minimum absolute atomic E-state index is 0.0165. The molecule has 0 bridgehead atoms. The Kier molecular flexibility index (Phi) is 4.08. The second-order valence-corrected chi connectivity index (χ2v) is 4.35. The highest BCUT2D eigenvalue weighted by molar-refractivity contribution is 5.92. The van der Waals surface area contributed by atoms with Gasteiger partial charge in [-0.2, -0.15) is 0 Å². The summed E-state index contributed by atoms with van der Waals surface area (Å²) in [5, 5.41) is 17.9. The average Bonchev–Trinajstić information content (AvgIpc) is 2.46. The third kappa shape index (κ3) is 3.50. The van der Waals surface area contributed by atoms with Crippen molar-refractivity contribution in [1.29, 1.82) is 0 Å². The highest BCUT2D eigenvalue weighted by Crippen LogP contribution is 2.22. The van der Waals surface area contributed by atoms with E-state index in [2.05, 4.69) is 0 Å². The maximum Gasteiger partial charge on any atom is 0.339 e. The van der Waals surface area contributed by atoms with Crippen LogP contribution in [0.5, 0.6) is 5.75 Å². The van der Waals surface area contributed by atoms with Gasteiger partial charge in [-0.25, -0.2) is 9.59 Å². The molecule has 6 heteroatoms. The Hall–Kier alpha value is -3.02.